The van der Waals surface area contributed by atoms with Gasteiger partial charge in [0.15, 0.2) is 0 Å². The number of pyridine rings is 1. The van der Waals surface area contributed by atoms with Crippen LogP contribution < -0.4 is 0 Å². The van der Waals surface area contributed by atoms with Gasteiger partial charge >= 0.3 is 0 Å². The van der Waals surface area contributed by atoms with Gasteiger partial charge in [0.05, 0.1) is 5.52 Å². The molecule has 0 atom stereocenters. The second-order valence-corrected chi connectivity index (χ2v) is 5.31. The summed E-state index contributed by atoms with van der Waals surface area (Å²) in [7, 11) is 0. The number of nitrogens with zero attached hydrogens (tertiary/aromatic N) is 1. The van der Waals surface area contributed by atoms with Crippen LogP contribution in [0.25, 0.3) is 10.9 Å². The van der Waals surface area contributed by atoms with Crippen LogP contribution in [-0.4, -0.2) is 4.98 Å². The Morgan fingerprint density at radius 1 is 1.47 bits per heavy atom. The second-order valence-electron chi connectivity index (χ2n) is 3.73. The third kappa shape index (κ3) is 2.62. The maximum atomic E-state index is 5.56. The van der Waals surface area contributed by atoms with E-state index in [4.69, 9.17) is 24.2 Å². The van der Waals surface area contributed by atoms with Crippen molar-refractivity contribution in [3.05, 3.63) is 45.5 Å². The molecule has 0 fully saturated rings. The molecule has 2 rings (SSSR count). The summed E-state index contributed by atoms with van der Waals surface area (Å²) in [4.78, 5) is 5.43. The zero-order valence-electron chi connectivity index (χ0n) is 9.21. The maximum absolute atomic E-state index is 5.56. The second kappa shape index (κ2) is 5.34. The van der Waals surface area contributed by atoms with E-state index in [1.54, 1.807) is 0 Å². The van der Waals surface area contributed by atoms with Gasteiger partial charge in [-0.2, -0.15) is 4.90 Å². The van der Waals surface area contributed by atoms with Crippen LogP contribution in [0.5, 0.6) is 0 Å². The van der Waals surface area contributed by atoms with Crippen molar-refractivity contribution in [2.24, 2.45) is 0 Å². The van der Waals surface area contributed by atoms with Gasteiger partial charge < -0.3 is 12.6 Å². The average Bonchev–Trinajstić information content (AvgIpc) is 2.30. The van der Waals surface area contributed by atoms with E-state index in [9.17, 15) is 0 Å². The van der Waals surface area contributed by atoms with E-state index in [-0.39, 0.29) is 0 Å². The summed E-state index contributed by atoms with van der Waals surface area (Å²) in [6, 6.07) is 5.96. The molecule has 17 heavy (non-hydrogen) atoms. The lowest BCUT2D eigenvalue weighted by Crippen LogP contribution is -1.97. The Morgan fingerprint density at radius 2 is 2.24 bits per heavy atom. The first kappa shape index (κ1) is 12.8. The van der Waals surface area contributed by atoms with Gasteiger partial charge in [-0.15, -0.1) is 0 Å². The number of allylic oxidation sites excluding steroid dienone is 1. The summed E-state index contributed by atoms with van der Waals surface area (Å²) in [6.07, 6.45) is 2.61. The normalized spacial score (nSPS) is 11.5. The van der Waals surface area contributed by atoms with Crippen LogP contribution in [0.15, 0.2) is 39.2 Å². The predicted octanol–water partition coefficient (Wildman–Crippen LogP) is 4.51. The van der Waals surface area contributed by atoms with E-state index < -0.39 is 0 Å². The number of halogens is 2. The van der Waals surface area contributed by atoms with Crippen molar-refractivity contribution in [3.8, 4) is 0 Å². The highest BCUT2D eigenvalue weighted by Crippen LogP contribution is 2.26. The Kier molecular flexibility index (Phi) is 4.02. The summed E-state index contributed by atoms with van der Waals surface area (Å²) in [6.45, 7) is 1.98. The summed E-state index contributed by atoms with van der Waals surface area (Å²) in [5.74, 6) is 0. The minimum Gasteiger partial charge on any atom is -0.779 e. The lowest BCUT2D eigenvalue weighted by molar-refractivity contribution is 1.09. The van der Waals surface area contributed by atoms with E-state index in [0.717, 1.165) is 37.9 Å². The van der Waals surface area contributed by atoms with Gasteiger partial charge in [-0.3, -0.25) is 4.98 Å². The van der Waals surface area contributed by atoms with Crippen molar-refractivity contribution < 1.29 is 0 Å². The fraction of sp³-hybridized carbons (Fsp3) is 0.154. The molecule has 0 N–H and O–H groups in total. The average molecular weight is 328 g/mol. The maximum Gasteiger partial charge on any atom is 0.0691 e. The quantitative estimate of drug-likeness (QED) is 0.753. The molecule has 0 bridgehead atoms. The number of rotatable bonds is 2. The molecule has 0 aliphatic carbocycles. The number of aromatic nitrogens is 1. The van der Waals surface area contributed by atoms with Gasteiger partial charge in [0.25, 0.3) is 0 Å². The molecular formula is C13H10BrClNS-. The smallest absolute Gasteiger partial charge is 0.0691 e. The highest BCUT2D eigenvalue weighted by atomic mass is 79.9. The van der Waals surface area contributed by atoms with Crippen molar-refractivity contribution in [2.75, 3.05) is 0 Å². The van der Waals surface area contributed by atoms with Crippen LogP contribution in [0.2, 0.25) is 0 Å². The Bertz CT molecular complexity index is 595. The number of hydrogen-bond donors (Lipinski definition) is 0. The van der Waals surface area contributed by atoms with Gasteiger partial charge in [0.2, 0.25) is 0 Å². The monoisotopic (exact) mass is 326 g/mol. The van der Waals surface area contributed by atoms with E-state index >= 15 is 0 Å². The molecular weight excluding hydrogens is 318 g/mol. The molecule has 0 aliphatic rings. The molecule has 0 unspecified atom stereocenters. The minimum absolute atomic E-state index is 0.726. The van der Waals surface area contributed by atoms with Gasteiger partial charge in [0.1, 0.15) is 0 Å². The highest BCUT2D eigenvalue weighted by molar-refractivity contribution is 9.10. The van der Waals surface area contributed by atoms with Crippen molar-refractivity contribution in [2.45, 2.75) is 18.2 Å². The van der Waals surface area contributed by atoms with E-state index in [0.29, 0.717) is 0 Å². The Balaban J connectivity index is 2.68. The fourth-order valence-corrected chi connectivity index (χ4v) is 2.61. The van der Waals surface area contributed by atoms with E-state index in [1.165, 1.54) is 5.54 Å². The largest absolute Gasteiger partial charge is 0.779 e. The van der Waals surface area contributed by atoms with Crippen LogP contribution in [0.1, 0.15) is 11.3 Å². The SMILES string of the molecule is Cc1nc2ccc(Br)cc2c([S-])c1C/C=C/Cl. The molecule has 0 spiro atoms. The van der Waals surface area contributed by atoms with Gasteiger partial charge in [-0.1, -0.05) is 33.6 Å². The Morgan fingerprint density at radius 3 is 2.94 bits per heavy atom. The Labute approximate surface area is 119 Å². The summed E-state index contributed by atoms with van der Waals surface area (Å²) < 4.78 is 1.01. The van der Waals surface area contributed by atoms with Crippen molar-refractivity contribution >= 4 is 51.1 Å². The molecule has 0 aliphatic heterocycles. The summed E-state index contributed by atoms with van der Waals surface area (Å²) in [5, 5.41) is 1.01. The molecule has 0 saturated carbocycles. The van der Waals surface area contributed by atoms with Crippen LogP contribution in [-0.2, 0) is 19.0 Å². The van der Waals surface area contributed by atoms with Crippen molar-refractivity contribution in [1.82, 2.24) is 4.98 Å². The van der Waals surface area contributed by atoms with E-state index in [1.807, 2.05) is 31.2 Å². The number of hydrogen-bond acceptors (Lipinski definition) is 2. The first-order chi connectivity index (χ1) is 8.13. The van der Waals surface area contributed by atoms with E-state index in [2.05, 4.69) is 20.9 Å². The fourth-order valence-electron chi connectivity index (χ4n) is 1.77. The summed E-state index contributed by atoms with van der Waals surface area (Å²) in [5.41, 5.74) is 4.50. The molecule has 0 saturated heterocycles. The first-order valence-electron chi connectivity index (χ1n) is 5.14. The molecule has 2 aromatic rings. The molecule has 1 nitrogen and oxygen atoms in total. The molecule has 1 aromatic carbocycles. The van der Waals surface area contributed by atoms with Crippen LogP contribution >= 0.6 is 27.5 Å². The van der Waals surface area contributed by atoms with Crippen molar-refractivity contribution in [1.29, 1.82) is 0 Å². The molecule has 1 aromatic heterocycles. The lowest BCUT2D eigenvalue weighted by atomic mass is 10.1. The van der Waals surface area contributed by atoms with Crippen LogP contribution in [0.4, 0.5) is 0 Å². The number of benzene rings is 1. The summed E-state index contributed by atoms with van der Waals surface area (Å²) >= 11 is 14.5. The highest BCUT2D eigenvalue weighted by Gasteiger charge is 2.04. The number of aryl methyl sites for hydroxylation is 1. The van der Waals surface area contributed by atoms with Crippen molar-refractivity contribution in [3.63, 3.8) is 0 Å². The zero-order chi connectivity index (χ0) is 12.4. The standard InChI is InChI=1S/C13H11BrClNS/c1-8-10(3-2-6-15)13(17)11-7-9(14)4-5-12(11)16-8/h2,4-7H,3H2,1H3,(H,16,17)/p-1/b6-2+. The third-order valence-corrected chi connectivity index (χ3v) is 3.75. The molecule has 4 heteroatoms. The minimum atomic E-state index is 0.726. The van der Waals surface area contributed by atoms with Gasteiger partial charge in [-0.05, 0) is 42.5 Å². The topological polar surface area (TPSA) is 12.9 Å². The predicted molar refractivity (Wildman–Crippen MR) is 78.5 cm³/mol. The number of fused-ring (bicyclic) bond motifs is 1. The lowest BCUT2D eigenvalue weighted by Gasteiger charge is -2.18. The molecule has 1 heterocycles. The molecule has 0 amide bonds. The third-order valence-electron chi connectivity index (χ3n) is 2.61. The van der Waals surface area contributed by atoms with Crippen LogP contribution in [0, 0.1) is 6.92 Å². The van der Waals surface area contributed by atoms with Crippen LogP contribution in [0.3, 0.4) is 0 Å². The molecule has 0 radical (unpaired) electrons. The Hall–Kier alpha value is -0.640. The van der Waals surface area contributed by atoms with Gasteiger partial charge in [0, 0.05) is 15.7 Å². The zero-order valence-corrected chi connectivity index (χ0v) is 12.4. The first-order valence-corrected chi connectivity index (χ1v) is 6.78. The van der Waals surface area contributed by atoms with Gasteiger partial charge in [-0.25, -0.2) is 0 Å². The molecule has 88 valence electrons.